The van der Waals surface area contributed by atoms with Crippen LogP contribution in [0.4, 0.5) is 0 Å². The van der Waals surface area contributed by atoms with Crippen LogP contribution < -0.4 is 0 Å². The van der Waals surface area contributed by atoms with Crippen LogP contribution in [0.1, 0.15) is 22.5 Å². The molecule has 1 amide bonds. The second-order valence-corrected chi connectivity index (χ2v) is 7.44. The van der Waals surface area contributed by atoms with Gasteiger partial charge >= 0.3 is 0 Å². The lowest BCUT2D eigenvalue weighted by Gasteiger charge is -2.17. The molecule has 0 atom stereocenters. The topological polar surface area (TPSA) is 63.9 Å². The number of aryl methyl sites for hydroxylation is 1. The van der Waals surface area contributed by atoms with Crippen molar-refractivity contribution in [3.63, 3.8) is 0 Å². The summed E-state index contributed by atoms with van der Waals surface area (Å²) >= 11 is 1.20. The van der Waals surface area contributed by atoms with Crippen LogP contribution in [0.15, 0.2) is 48.5 Å². The van der Waals surface area contributed by atoms with E-state index < -0.39 is 0 Å². The third-order valence-electron chi connectivity index (χ3n) is 4.93. The van der Waals surface area contributed by atoms with E-state index in [0.29, 0.717) is 13.0 Å². The molecule has 0 aliphatic carbocycles. The number of fused-ring (bicyclic) bond motifs is 1. The van der Waals surface area contributed by atoms with E-state index in [-0.39, 0.29) is 5.91 Å². The molecule has 142 valence electrons. The van der Waals surface area contributed by atoms with Gasteiger partial charge in [-0.25, -0.2) is 4.68 Å². The molecule has 0 fully saturated rings. The Bertz CT molecular complexity index is 1130. The van der Waals surface area contributed by atoms with E-state index in [1.807, 2.05) is 74.1 Å². The van der Waals surface area contributed by atoms with Gasteiger partial charge in [-0.15, -0.1) is 0 Å². The normalized spacial score (nSPS) is 11.1. The molecule has 2 aromatic carbocycles. The van der Waals surface area contributed by atoms with Gasteiger partial charge in [0.05, 0.1) is 29.5 Å². The van der Waals surface area contributed by atoms with Crippen molar-refractivity contribution in [2.75, 3.05) is 7.05 Å². The van der Waals surface area contributed by atoms with E-state index in [1.54, 1.807) is 4.90 Å². The minimum absolute atomic E-state index is 0.0651. The van der Waals surface area contributed by atoms with E-state index in [1.165, 1.54) is 11.7 Å². The molecular formula is C21H21N5OS. The average molecular weight is 392 g/mol. The summed E-state index contributed by atoms with van der Waals surface area (Å²) in [6.07, 6.45) is 0.335. The molecule has 0 aliphatic rings. The van der Waals surface area contributed by atoms with Gasteiger partial charge in [-0.2, -0.15) is 13.8 Å². The highest BCUT2D eigenvalue weighted by atomic mass is 32.1. The molecule has 2 heterocycles. The number of nitrogens with zero attached hydrogens (tertiary/aromatic N) is 5. The Morgan fingerprint density at radius 1 is 1.07 bits per heavy atom. The van der Waals surface area contributed by atoms with Crippen LogP contribution in [-0.4, -0.2) is 36.4 Å². The Morgan fingerprint density at radius 2 is 1.82 bits per heavy atom. The van der Waals surface area contributed by atoms with E-state index >= 15 is 0 Å². The van der Waals surface area contributed by atoms with Crippen LogP contribution in [-0.2, 0) is 17.8 Å². The van der Waals surface area contributed by atoms with Gasteiger partial charge in [0, 0.05) is 24.8 Å². The lowest BCUT2D eigenvalue weighted by Crippen LogP contribution is -2.28. The van der Waals surface area contributed by atoms with Gasteiger partial charge in [-0.3, -0.25) is 4.79 Å². The summed E-state index contributed by atoms with van der Waals surface area (Å²) in [4.78, 5) is 14.6. The zero-order valence-corrected chi connectivity index (χ0v) is 16.9. The van der Waals surface area contributed by atoms with Crippen molar-refractivity contribution in [3.8, 4) is 5.69 Å². The Kier molecular flexibility index (Phi) is 4.92. The minimum atomic E-state index is 0.0651. The van der Waals surface area contributed by atoms with Crippen molar-refractivity contribution >= 4 is 28.7 Å². The minimum Gasteiger partial charge on any atom is -0.341 e. The van der Waals surface area contributed by atoms with Crippen molar-refractivity contribution in [2.45, 2.75) is 26.8 Å². The molecule has 0 spiro atoms. The first-order chi connectivity index (χ1) is 13.5. The number of carbonyl (C=O) groups is 1. The molecule has 4 rings (SSSR count). The van der Waals surface area contributed by atoms with Crippen LogP contribution in [0.25, 0.3) is 16.7 Å². The van der Waals surface area contributed by atoms with E-state index in [0.717, 1.165) is 39.2 Å². The van der Waals surface area contributed by atoms with E-state index in [4.69, 9.17) is 0 Å². The number of hydrogen-bond donors (Lipinski definition) is 0. The standard InChI is InChI=1S/C21H21N5OS/c1-14-18(15(2)26(22-14)17-7-5-4-6-8-17)12-21(27)25(3)13-16-9-10-19-20(11-16)24-28-23-19/h4-11H,12-13H2,1-3H3. The van der Waals surface area contributed by atoms with Crippen molar-refractivity contribution in [1.29, 1.82) is 0 Å². The van der Waals surface area contributed by atoms with Crippen LogP contribution >= 0.6 is 11.7 Å². The first-order valence-corrected chi connectivity index (χ1v) is 9.81. The zero-order chi connectivity index (χ0) is 19.7. The highest BCUT2D eigenvalue weighted by Gasteiger charge is 2.18. The Morgan fingerprint density at radius 3 is 2.61 bits per heavy atom. The van der Waals surface area contributed by atoms with Gasteiger partial charge in [0.25, 0.3) is 0 Å². The van der Waals surface area contributed by atoms with Crippen molar-refractivity contribution < 1.29 is 4.79 Å². The Hall–Kier alpha value is -3.06. The fraction of sp³-hybridized carbons (Fsp3) is 0.238. The number of hydrogen-bond acceptors (Lipinski definition) is 5. The number of carbonyl (C=O) groups excluding carboxylic acids is 1. The Balaban J connectivity index is 1.50. The number of aromatic nitrogens is 4. The second kappa shape index (κ2) is 7.52. The van der Waals surface area contributed by atoms with Crippen molar-refractivity contribution in [1.82, 2.24) is 23.4 Å². The molecule has 4 aromatic rings. The van der Waals surface area contributed by atoms with Gasteiger partial charge in [0.15, 0.2) is 0 Å². The molecule has 0 saturated heterocycles. The van der Waals surface area contributed by atoms with Gasteiger partial charge in [-0.1, -0.05) is 24.3 Å². The first kappa shape index (κ1) is 18.3. The molecule has 0 saturated carbocycles. The SMILES string of the molecule is Cc1nn(-c2ccccc2)c(C)c1CC(=O)N(C)Cc1ccc2nsnc2c1. The van der Waals surface area contributed by atoms with Crippen LogP contribution in [0.5, 0.6) is 0 Å². The van der Waals surface area contributed by atoms with Gasteiger partial charge < -0.3 is 4.90 Å². The maximum absolute atomic E-state index is 12.8. The molecule has 7 heteroatoms. The number of likely N-dealkylation sites (N-methyl/N-ethyl adjacent to an activating group) is 1. The maximum Gasteiger partial charge on any atom is 0.227 e. The fourth-order valence-corrected chi connectivity index (χ4v) is 3.84. The zero-order valence-electron chi connectivity index (χ0n) is 16.1. The second-order valence-electron chi connectivity index (χ2n) is 6.91. The van der Waals surface area contributed by atoms with Crippen molar-refractivity contribution in [3.05, 3.63) is 71.0 Å². The highest BCUT2D eigenvalue weighted by molar-refractivity contribution is 7.00. The number of benzene rings is 2. The summed E-state index contributed by atoms with van der Waals surface area (Å²) in [7, 11) is 1.83. The molecule has 0 unspecified atom stereocenters. The van der Waals surface area contributed by atoms with Gasteiger partial charge in [0.2, 0.25) is 5.91 Å². The molecule has 28 heavy (non-hydrogen) atoms. The fourth-order valence-electron chi connectivity index (χ4n) is 3.33. The summed E-state index contributed by atoms with van der Waals surface area (Å²) in [5.41, 5.74) is 6.68. The molecule has 0 N–H and O–H groups in total. The number of para-hydroxylation sites is 1. The molecule has 0 aliphatic heterocycles. The molecule has 6 nitrogen and oxygen atoms in total. The predicted octanol–water partition coefficient (Wildman–Crippen LogP) is 3.69. The van der Waals surface area contributed by atoms with Gasteiger partial charge in [-0.05, 0) is 43.7 Å². The maximum atomic E-state index is 12.8. The molecule has 0 radical (unpaired) electrons. The largest absolute Gasteiger partial charge is 0.341 e. The summed E-state index contributed by atoms with van der Waals surface area (Å²) in [5.74, 6) is 0.0651. The third-order valence-corrected chi connectivity index (χ3v) is 5.49. The van der Waals surface area contributed by atoms with Gasteiger partial charge in [0.1, 0.15) is 11.0 Å². The van der Waals surface area contributed by atoms with E-state index in [9.17, 15) is 4.79 Å². The quantitative estimate of drug-likeness (QED) is 0.520. The third kappa shape index (κ3) is 3.53. The lowest BCUT2D eigenvalue weighted by atomic mass is 10.1. The Labute approximate surface area is 167 Å². The number of rotatable bonds is 5. The highest BCUT2D eigenvalue weighted by Crippen LogP contribution is 2.20. The van der Waals surface area contributed by atoms with Crippen LogP contribution in [0, 0.1) is 13.8 Å². The first-order valence-electron chi connectivity index (χ1n) is 9.08. The summed E-state index contributed by atoms with van der Waals surface area (Å²) in [6.45, 7) is 4.51. The molecule has 0 bridgehead atoms. The van der Waals surface area contributed by atoms with Crippen molar-refractivity contribution in [2.24, 2.45) is 0 Å². The van der Waals surface area contributed by atoms with Crippen LogP contribution in [0.2, 0.25) is 0 Å². The summed E-state index contributed by atoms with van der Waals surface area (Å²) in [5, 5.41) is 4.64. The van der Waals surface area contributed by atoms with E-state index in [2.05, 4.69) is 13.8 Å². The molecule has 2 aromatic heterocycles. The smallest absolute Gasteiger partial charge is 0.227 e. The summed E-state index contributed by atoms with van der Waals surface area (Å²) in [6, 6.07) is 15.9. The average Bonchev–Trinajstić information content (AvgIpc) is 3.27. The predicted molar refractivity (Wildman–Crippen MR) is 111 cm³/mol. The van der Waals surface area contributed by atoms with Crippen LogP contribution in [0.3, 0.4) is 0 Å². The number of amides is 1. The monoisotopic (exact) mass is 391 g/mol. The molecular weight excluding hydrogens is 370 g/mol. The lowest BCUT2D eigenvalue weighted by molar-refractivity contribution is -0.129. The summed E-state index contributed by atoms with van der Waals surface area (Å²) < 4.78 is 10.4.